The van der Waals surface area contributed by atoms with Crippen molar-refractivity contribution in [3.05, 3.63) is 53.6 Å². The number of carbonyl (C=O) groups is 2. The predicted molar refractivity (Wildman–Crippen MR) is 94.2 cm³/mol. The van der Waals surface area contributed by atoms with Crippen molar-refractivity contribution in [2.45, 2.75) is 11.4 Å². The molecule has 9 heteroatoms. The second-order valence-corrected chi connectivity index (χ2v) is 7.79. The normalized spacial score (nSPS) is 12.5. The van der Waals surface area contributed by atoms with Crippen LogP contribution in [0.5, 0.6) is 11.5 Å². The number of sulfone groups is 1. The Morgan fingerprint density at radius 2 is 1.85 bits per heavy atom. The zero-order valence-corrected chi connectivity index (χ0v) is 15.2. The number of hydrogen-bond donors (Lipinski definition) is 1. The minimum atomic E-state index is -3.59. The third-order valence-electron chi connectivity index (χ3n) is 3.77. The van der Waals surface area contributed by atoms with Crippen LogP contribution in [0.25, 0.3) is 0 Å². The minimum absolute atomic E-state index is 0.108. The maximum atomic E-state index is 12.1. The first-order chi connectivity index (χ1) is 12.8. The Morgan fingerprint density at radius 3 is 2.63 bits per heavy atom. The monoisotopic (exact) mass is 391 g/mol. The molecule has 0 unspecified atom stereocenters. The molecule has 0 fully saturated rings. The molecular formula is C18H17NO7S. The molecule has 0 spiro atoms. The number of rotatable bonds is 6. The molecule has 27 heavy (non-hydrogen) atoms. The van der Waals surface area contributed by atoms with E-state index >= 15 is 0 Å². The van der Waals surface area contributed by atoms with Crippen molar-refractivity contribution >= 4 is 21.7 Å². The van der Waals surface area contributed by atoms with Gasteiger partial charge in [-0.2, -0.15) is 0 Å². The summed E-state index contributed by atoms with van der Waals surface area (Å²) in [6.45, 7) is -0.148. The van der Waals surface area contributed by atoms with Gasteiger partial charge in [0.05, 0.1) is 10.5 Å². The first kappa shape index (κ1) is 18.7. The molecule has 0 saturated heterocycles. The standard InChI is InChI=1S/C18H17NO7S/c1-27(22,23)16-5-3-2-4-13(16)18(21)24-10-17(20)19-9-12-6-7-14-15(8-12)26-11-25-14/h2-8H,9-11H2,1H3,(H,19,20). The topological polar surface area (TPSA) is 108 Å². The number of ether oxygens (including phenoxy) is 3. The molecule has 3 rings (SSSR count). The molecule has 1 amide bonds. The summed E-state index contributed by atoms with van der Waals surface area (Å²) in [5.74, 6) is -0.152. The molecule has 0 aromatic heterocycles. The van der Waals surface area contributed by atoms with Gasteiger partial charge in [-0.15, -0.1) is 0 Å². The van der Waals surface area contributed by atoms with Gasteiger partial charge in [-0.25, -0.2) is 13.2 Å². The van der Waals surface area contributed by atoms with Gasteiger partial charge in [0.15, 0.2) is 27.9 Å². The molecule has 0 radical (unpaired) electrons. The van der Waals surface area contributed by atoms with Crippen molar-refractivity contribution in [1.29, 1.82) is 0 Å². The van der Waals surface area contributed by atoms with Gasteiger partial charge in [0.2, 0.25) is 6.79 Å². The summed E-state index contributed by atoms with van der Waals surface area (Å²) < 4.78 is 38.9. The highest BCUT2D eigenvalue weighted by Crippen LogP contribution is 2.32. The van der Waals surface area contributed by atoms with Crippen LogP contribution < -0.4 is 14.8 Å². The number of carbonyl (C=O) groups excluding carboxylic acids is 2. The SMILES string of the molecule is CS(=O)(=O)c1ccccc1C(=O)OCC(=O)NCc1ccc2c(c1)OCO2. The number of fused-ring (bicyclic) bond motifs is 1. The Bertz CT molecular complexity index is 985. The predicted octanol–water partition coefficient (Wildman–Crippen LogP) is 1.29. The maximum Gasteiger partial charge on any atom is 0.339 e. The molecule has 0 aliphatic carbocycles. The van der Waals surface area contributed by atoms with Crippen molar-refractivity contribution in [1.82, 2.24) is 5.32 Å². The van der Waals surface area contributed by atoms with E-state index < -0.39 is 28.3 Å². The Balaban J connectivity index is 1.54. The number of nitrogens with one attached hydrogen (secondary N) is 1. The van der Waals surface area contributed by atoms with Crippen LogP contribution in [0.2, 0.25) is 0 Å². The lowest BCUT2D eigenvalue weighted by atomic mass is 10.2. The Hall–Kier alpha value is -3.07. The molecule has 2 aromatic carbocycles. The van der Waals surface area contributed by atoms with Crippen molar-refractivity contribution in [3.63, 3.8) is 0 Å². The highest BCUT2D eigenvalue weighted by Gasteiger charge is 2.20. The van der Waals surface area contributed by atoms with Crippen molar-refractivity contribution in [2.24, 2.45) is 0 Å². The highest BCUT2D eigenvalue weighted by molar-refractivity contribution is 7.90. The van der Waals surface area contributed by atoms with Crippen LogP contribution in [0.4, 0.5) is 0 Å². The number of hydrogen-bond acceptors (Lipinski definition) is 7. The number of amides is 1. The van der Waals surface area contributed by atoms with Gasteiger partial charge in [-0.05, 0) is 29.8 Å². The fraction of sp³-hybridized carbons (Fsp3) is 0.222. The molecular weight excluding hydrogens is 374 g/mol. The zero-order valence-electron chi connectivity index (χ0n) is 14.4. The molecule has 2 aromatic rings. The van der Waals surface area contributed by atoms with Crippen LogP contribution in [0.3, 0.4) is 0 Å². The van der Waals surface area contributed by atoms with E-state index in [-0.39, 0.29) is 23.8 Å². The van der Waals surface area contributed by atoms with Gasteiger partial charge in [0, 0.05) is 12.8 Å². The summed E-state index contributed by atoms with van der Waals surface area (Å²) in [7, 11) is -3.59. The summed E-state index contributed by atoms with van der Waals surface area (Å²) in [5, 5.41) is 2.61. The Kier molecular flexibility index (Phi) is 5.31. The fourth-order valence-corrected chi connectivity index (χ4v) is 3.35. The lowest BCUT2D eigenvalue weighted by Crippen LogP contribution is -2.28. The quantitative estimate of drug-likeness (QED) is 0.739. The van der Waals surface area contributed by atoms with E-state index in [9.17, 15) is 18.0 Å². The third kappa shape index (κ3) is 4.56. The van der Waals surface area contributed by atoms with Crippen molar-refractivity contribution in [3.8, 4) is 11.5 Å². The van der Waals surface area contributed by atoms with E-state index in [4.69, 9.17) is 14.2 Å². The van der Waals surface area contributed by atoms with Crippen LogP contribution in [0.15, 0.2) is 47.4 Å². The van der Waals surface area contributed by atoms with Gasteiger partial charge in [0.1, 0.15) is 0 Å². The van der Waals surface area contributed by atoms with E-state index in [1.807, 2.05) is 0 Å². The van der Waals surface area contributed by atoms with E-state index in [1.54, 1.807) is 18.2 Å². The summed E-state index contributed by atoms with van der Waals surface area (Å²) in [6.07, 6.45) is 0.997. The number of benzene rings is 2. The Morgan fingerprint density at radius 1 is 1.11 bits per heavy atom. The van der Waals surface area contributed by atoms with Crippen LogP contribution >= 0.6 is 0 Å². The van der Waals surface area contributed by atoms with E-state index in [1.165, 1.54) is 24.3 Å². The fourth-order valence-electron chi connectivity index (χ4n) is 2.47. The van der Waals surface area contributed by atoms with Gasteiger partial charge in [0.25, 0.3) is 5.91 Å². The van der Waals surface area contributed by atoms with E-state index in [0.29, 0.717) is 11.5 Å². The van der Waals surface area contributed by atoms with Gasteiger partial charge >= 0.3 is 5.97 Å². The lowest BCUT2D eigenvalue weighted by molar-refractivity contribution is -0.124. The van der Waals surface area contributed by atoms with Gasteiger partial charge in [-0.3, -0.25) is 4.79 Å². The van der Waals surface area contributed by atoms with Crippen LogP contribution in [0.1, 0.15) is 15.9 Å². The Labute approximate surface area is 156 Å². The summed E-state index contributed by atoms with van der Waals surface area (Å²) in [6, 6.07) is 10.9. The minimum Gasteiger partial charge on any atom is -0.454 e. The van der Waals surface area contributed by atoms with Crippen LogP contribution in [0, 0.1) is 0 Å². The summed E-state index contributed by atoms with van der Waals surface area (Å²) >= 11 is 0. The molecule has 1 aliphatic rings. The highest BCUT2D eigenvalue weighted by atomic mass is 32.2. The first-order valence-corrected chi connectivity index (χ1v) is 9.85. The summed E-state index contributed by atoms with van der Waals surface area (Å²) in [4.78, 5) is 23.9. The van der Waals surface area contributed by atoms with Crippen molar-refractivity contribution in [2.75, 3.05) is 19.7 Å². The largest absolute Gasteiger partial charge is 0.454 e. The molecule has 8 nitrogen and oxygen atoms in total. The van der Waals surface area contributed by atoms with Crippen LogP contribution in [-0.2, 0) is 25.9 Å². The summed E-state index contributed by atoms with van der Waals surface area (Å²) in [5.41, 5.74) is 0.685. The lowest BCUT2D eigenvalue weighted by Gasteiger charge is -2.09. The molecule has 1 heterocycles. The van der Waals surface area contributed by atoms with Crippen LogP contribution in [-0.4, -0.2) is 39.9 Å². The van der Waals surface area contributed by atoms with Crippen molar-refractivity contribution < 1.29 is 32.2 Å². The average Bonchev–Trinajstić information content (AvgIpc) is 3.11. The second kappa shape index (κ2) is 7.67. The second-order valence-electron chi connectivity index (χ2n) is 5.81. The molecule has 1 aliphatic heterocycles. The van der Waals surface area contributed by atoms with E-state index in [0.717, 1.165) is 11.8 Å². The maximum absolute atomic E-state index is 12.1. The molecule has 1 N–H and O–H groups in total. The third-order valence-corrected chi connectivity index (χ3v) is 4.92. The number of esters is 1. The molecule has 0 saturated carbocycles. The first-order valence-electron chi connectivity index (χ1n) is 7.96. The molecule has 142 valence electrons. The van der Waals surface area contributed by atoms with Gasteiger partial charge < -0.3 is 19.5 Å². The molecule has 0 bridgehead atoms. The zero-order chi connectivity index (χ0) is 19.4. The molecule has 0 atom stereocenters. The average molecular weight is 391 g/mol. The van der Waals surface area contributed by atoms with E-state index in [2.05, 4.69) is 5.32 Å². The van der Waals surface area contributed by atoms with Gasteiger partial charge in [-0.1, -0.05) is 18.2 Å². The smallest absolute Gasteiger partial charge is 0.339 e.